The van der Waals surface area contributed by atoms with E-state index in [2.05, 4.69) is 65.1 Å². The molecule has 1 heterocycles. The van der Waals surface area contributed by atoms with Crippen LogP contribution >= 0.6 is 0 Å². The van der Waals surface area contributed by atoms with Crippen molar-refractivity contribution in [2.45, 2.75) is 66.0 Å². The molecule has 21 heavy (non-hydrogen) atoms. The predicted molar refractivity (Wildman–Crippen MR) is 90.0 cm³/mol. The summed E-state index contributed by atoms with van der Waals surface area (Å²) < 4.78 is 6.15. The molecule has 0 radical (unpaired) electrons. The third kappa shape index (κ3) is 4.74. The highest BCUT2D eigenvalue weighted by Crippen LogP contribution is 2.33. The van der Waals surface area contributed by atoms with E-state index in [0.717, 1.165) is 25.1 Å². The van der Waals surface area contributed by atoms with Crippen LogP contribution in [0, 0.1) is 18.8 Å². The van der Waals surface area contributed by atoms with Crippen LogP contribution in [0.4, 0.5) is 0 Å². The average Bonchev–Trinajstić information content (AvgIpc) is 2.74. The van der Waals surface area contributed by atoms with Crippen LogP contribution in [-0.4, -0.2) is 18.2 Å². The van der Waals surface area contributed by atoms with Gasteiger partial charge in [-0.15, -0.1) is 0 Å². The van der Waals surface area contributed by atoms with E-state index in [0.29, 0.717) is 17.9 Å². The molecule has 2 atom stereocenters. The molecule has 1 aromatic carbocycles. The topological polar surface area (TPSA) is 21.3 Å². The van der Waals surface area contributed by atoms with E-state index in [-0.39, 0.29) is 5.54 Å². The van der Waals surface area contributed by atoms with Crippen molar-refractivity contribution in [2.24, 2.45) is 11.8 Å². The van der Waals surface area contributed by atoms with Gasteiger partial charge in [0, 0.05) is 12.0 Å². The molecule has 0 bridgehead atoms. The lowest BCUT2D eigenvalue weighted by Crippen LogP contribution is -2.41. The Morgan fingerprint density at radius 2 is 2.00 bits per heavy atom. The maximum atomic E-state index is 6.15. The average molecular weight is 289 g/mol. The van der Waals surface area contributed by atoms with Crippen molar-refractivity contribution >= 4 is 0 Å². The number of fused-ring (bicyclic) bond motifs is 1. The first kappa shape index (κ1) is 16.4. The summed E-state index contributed by atoms with van der Waals surface area (Å²) in [6.07, 6.45) is 2.54. The summed E-state index contributed by atoms with van der Waals surface area (Å²) in [5.74, 6) is 2.43. The monoisotopic (exact) mass is 289 g/mol. The van der Waals surface area contributed by atoms with Gasteiger partial charge in [-0.1, -0.05) is 31.5 Å². The number of aryl methyl sites for hydroxylation is 1. The highest BCUT2D eigenvalue weighted by molar-refractivity contribution is 5.40. The number of hydrogen-bond acceptors (Lipinski definition) is 2. The van der Waals surface area contributed by atoms with Crippen LogP contribution in [0.15, 0.2) is 18.2 Å². The molecule has 2 nitrogen and oxygen atoms in total. The number of nitrogens with one attached hydrogen (secondary N) is 1. The fourth-order valence-corrected chi connectivity index (χ4v) is 2.95. The second-order valence-corrected chi connectivity index (χ2v) is 7.93. The Morgan fingerprint density at radius 1 is 1.29 bits per heavy atom. The van der Waals surface area contributed by atoms with Gasteiger partial charge in [0.15, 0.2) is 0 Å². The lowest BCUT2D eigenvalue weighted by Gasteiger charge is -2.29. The third-order valence-electron chi connectivity index (χ3n) is 4.36. The SMILES string of the molecule is Cc1ccc2c(c1)CC(CC(CNC(C)(C)C)C(C)C)O2. The van der Waals surface area contributed by atoms with Crippen LogP contribution in [0.5, 0.6) is 5.75 Å². The lowest BCUT2D eigenvalue weighted by molar-refractivity contribution is 0.168. The summed E-state index contributed by atoms with van der Waals surface area (Å²) in [4.78, 5) is 0. The van der Waals surface area contributed by atoms with E-state index in [9.17, 15) is 0 Å². The van der Waals surface area contributed by atoms with Crippen molar-refractivity contribution < 1.29 is 4.74 Å². The minimum atomic E-state index is 0.184. The zero-order chi connectivity index (χ0) is 15.6. The van der Waals surface area contributed by atoms with E-state index in [4.69, 9.17) is 4.74 Å². The Hall–Kier alpha value is -1.02. The third-order valence-corrected chi connectivity index (χ3v) is 4.36. The number of benzene rings is 1. The molecule has 1 aliphatic rings. The molecule has 0 fully saturated rings. The fourth-order valence-electron chi connectivity index (χ4n) is 2.95. The first-order valence-electron chi connectivity index (χ1n) is 8.26. The maximum Gasteiger partial charge on any atom is 0.123 e. The van der Waals surface area contributed by atoms with Crippen molar-refractivity contribution in [3.8, 4) is 5.75 Å². The smallest absolute Gasteiger partial charge is 0.123 e. The van der Waals surface area contributed by atoms with Gasteiger partial charge in [-0.25, -0.2) is 0 Å². The highest BCUT2D eigenvalue weighted by atomic mass is 16.5. The molecular weight excluding hydrogens is 258 g/mol. The summed E-state index contributed by atoms with van der Waals surface area (Å²) in [7, 11) is 0. The Morgan fingerprint density at radius 3 is 2.62 bits per heavy atom. The minimum absolute atomic E-state index is 0.184. The van der Waals surface area contributed by atoms with Crippen molar-refractivity contribution in [1.29, 1.82) is 0 Å². The van der Waals surface area contributed by atoms with Gasteiger partial charge in [-0.05, 0) is 64.1 Å². The summed E-state index contributed by atoms with van der Waals surface area (Å²) >= 11 is 0. The van der Waals surface area contributed by atoms with Gasteiger partial charge in [0.1, 0.15) is 11.9 Å². The molecule has 0 saturated heterocycles. The first-order chi connectivity index (χ1) is 9.74. The fraction of sp³-hybridized carbons (Fsp3) is 0.684. The molecule has 0 aromatic heterocycles. The molecule has 0 aliphatic carbocycles. The zero-order valence-electron chi connectivity index (χ0n) is 14.5. The normalized spacial score (nSPS) is 19.5. The molecule has 0 saturated carbocycles. The Balaban J connectivity index is 1.94. The first-order valence-corrected chi connectivity index (χ1v) is 8.26. The van der Waals surface area contributed by atoms with E-state index in [1.165, 1.54) is 11.1 Å². The predicted octanol–water partition coefficient (Wildman–Crippen LogP) is 4.35. The Kier molecular flexibility index (Phi) is 4.98. The van der Waals surface area contributed by atoms with Gasteiger partial charge in [-0.2, -0.15) is 0 Å². The van der Waals surface area contributed by atoms with Crippen LogP contribution in [0.2, 0.25) is 0 Å². The van der Waals surface area contributed by atoms with Gasteiger partial charge < -0.3 is 10.1 Å². The molecule has 2 unspecified atom stereocenters. The van der Waals surface area contributed by atoms with E-state index in [1.807, 2.05) is 0 Å². The quantitative estimate of drug-likeness (QED) is 0.870. The standard InChI is InChI=1S/C19H31NO/c1-13(2)16(12-20-19(4,5)6)11-17-10-15-9-14(3)7-8-18(15)21-17/h7-9,13,16-17,20H,10-12H2,1-6H3. The van der Waals surface area contributed by atoms with Crippen molar-refractivity contribution in [2.75, 3.05) is 6.54 Å². The zero-order valence-corrected chi connectivity index (χ0v) is 14.5. The van der Waals surface area contributed by atoms with Gasteiger partial charge in [-0.3, -0.25) is 0 Å². The van der Waals surface area contributed by atoms with Gasteiger partial charge in [0.05, 0.1) is 0 Å². The molecular formula is C19H31NO. The van der Waals surface area contributed by atoms with Gasteiger partial charge in [0.2, 0.25) is 0 Å². The summed E-state index contributed by atoms with van der Waals surface area (Å²) in [5, 5.41) is 3.65. The van der Waals surface area contributed by atoms with E-state index >= 15 is 0 Å². The molecule has 2 heteroatoms. The van der Waals surface area contributed by atoms with Crippen LogP contribution in [0.3, 0.4) is 0 Å². The van der Waals surface area contributed by atoms with Crippen molar-refractivity contribution in [3.05, 3.63) is 29.3 Å². The molecule has 1 aliphatic heterocycles. The van der Waals surface area contributed by atoms with Gasteiger partial charge in [0.25, 0.3) is 0 Å². The van der Waals surface area contributed by atoms with E-state index in [1.54, 1.807) is 0 Å². The van der Waals surface area contributed by atoms with Crippen LogP contribution < -0.4 is 10.1 Å². The molecule has 1 N–H and O–H groups in total. The summed E-state index contributed by atoms with van der Waals surface area (Å²) in [6.45, 7) is 14.6. The second-order valence-electron chi connectivity index (χ2n) is 7.93. The van der Waals surface area contributed by atoms with Crippen molar-refractivity contribution in [1.82, 2.24) is 5.32 Å². The Bertz CT molecular complexity index is 473. The van der Waals surface area contributed by atoms with Crippen molar-refractivity contribution in [3.63, 3.8) is 0 Å². The number of hydrogen-bond donors (Lipinski definition) is 1. The van der Waals surface area contributed by atoms with Crippen LogP contribution in [-0.2, 0) is 6.42 Å². The molecule has 118 valence electrons. The molecule has 1 aromatic rings. The summed E-state index contributed by atoms with van der Waals surface area (Å²) in [6, 6.07) is 6.54. The summed E-state index contributed by atoms with van der Waals surface area (Å²) in [5.41, 5.74) is 2.89. The largest absolute Gasteiger partial charge is 0.490 e. The highest BCUT2D eigenvalue weighted by Gasteiger charge is 2.27. The van der Waals surface area contributed by atoms with Crippen LogP contribution in [0.1, 0.15) is 52.2 Å². The lowest BCUT2D eigenvalue weighted by atomic mass is 9.88. The molecule has 0 spiro atoms. The van der Waals surface area contributed by atoms with Crippen LogP contribution in [0.25, 0.3) is 0 Å². The second kappa shape index (κ2) is 6.39. The van der Waals surface area contributed by atoms with E-state index < -0.39 is 0 Å². The number of ether oxygens (including phenoxy) is 1. The molecule has 0 amide bonds. The molecule has 2 rings (SSSR count). The van der Waals surface area contributed by atoms with Gasteiger partial charge >= 0.3 is 0 Å². The Labute approximate surface area is 130 Å². The number of rotatable bonds is 5. The maximum absolute atomic E-state index is 6.15. The minimum Gasteiger partial charge on any atom is -0.490 e.